The first-order valence-corrected chi connectivity index (χ1v) is 10.1. The van der Waals surface area contributed by atoms with Crippen LogP contribution in [0.3, 0.4) is 0 Å². The molecule has 0 saturated carbocycles. The standard InChI is InChI=1S/C22H25F2N3O2/c23-20-3-1-2-19(21(20)24)14-25-9-4-16(5-10-25)18-6-11-26(15-18)22(28)17-7-12-27(29)13-8-17/h1-3,7-8,12-13,16,18H,4-6,9-11,14-15H2/t18-/m0/s1. The highest BCUT2D eigenvalue weighted by molar-refractivity contribution is 5.94. The van der Waals surface area contributed by atoms with E-state index in [1.54, 1.807) is 24.3 Å². The summed E-state index contributed by atoms with van der Waals surface area (Å²) >= 11 is 0. The molecule has 154 valence electrons. The summed E-state index contributed by atoms with van der Waals surface area (Å²) in [5.41, 5.74) is 0.952. The van der Waals surface area contributed by atoms with Gasteiger partial charge in [-0.3, -0.25) is 9.69 Å². The van der Waals surface area contributed by atoms with Crippen LogP contribution in [0.5, 0.6) is 0 Å². The number of amides is 1. The van der Waals surface area contributed by atoms with Gasteiger partial charge in [0.2, 0.25) is 0 Å². The molecule has 0 N–H and O–H groups in total. The molecule has 2 fully saturated rings. The zero-order valence-corrected chi connectivity index (χ0v) is 16.3. The Morgan fingerprint density at radius 3 is 2.45 bits per heavy atom. The van der Waals surface area contributed by atoms with Crippen molar-refractivity contribution >= 4 is 5.91 Å². The van der Waals surface area contributed by atoms with Gasteiger partial charge in [0.1, 0.15) is 0 Å². The minimum atomic E-state index is -0.795. The summed E-state index contributed by atoms with van der Waals surface area (Å²) in [6.45, 7) is 3.62. The molecule has 0 unspecified atom stereocenters. The van der Waals surface area contributed by atoms with Crippen LogP contribution in [0, 0.1) is 28.7 Å². The molecule has 0 radical (unpaired) electrons. The van der Waals surface area contributed by atoms with Gasteiger partial charge in [-0.05, 0) is 50.3 Å². The van der Waals surface area contributed by atoms with E-state index in [9.17, 15) is 18.8 Å². The number of carbonyl (C=O) groups excluding carboxylic acids is 1. The highest BCUT2D eigenvalue weighted by atomic mass is 19.2. The van der Waals surface area contributed by atoms with Crippen molar-refractivity contribution in [3.63, 3.8) is 0 Å². The maximum Gasteiger partial charge on any atom is 0.254 e. The molecule has 3 heterocycles. The number of benzene rings is 1. The molecule has 1 aromatic carbocycles. The van der Waals surface area contributed by atoms with Gasteiger partial charge in [0.15, 0.2) is 24.0 Å². The fourth-order valence-corrected chi connectivity index (χ4v) is 4.59. The average Bonchev–Trinajstić information content (AvgIpc) is 3.22. The van der Waals surface area contributed by atoms with Gasteiger partial charge < -0.3 is 10.1 Å². The molecule has 5 nitrogen and oxygen atoms in total. The van der Waals surface area contributed by atoms with E-state index in [1.807, 2.05) is 4.90 Å². The molecule has 2 saturated heterocycles. The molecule has 2 aliphatic rings. The first kappa shape index (κ1) is 19.8. The molecule has 29 heavy (non-hydrogen) atoms. The second-order valence-corrected chi connectivity index (χ2v) is 8.07. The van der Waals surface area contributed by atoms with E-state index in [0.717, 1.165) is 51.5 Å². The highest BCUT2D eigenvalue weighted by Gasteiger charge is 2.34. The molecule has 2 aliphatic heterocycles. The number of piperidine rings is 1. The van der Waals surface area contributed by atoms with Crippen molar-refractivity contribution in [1.82, 2.24) is 9.80 Å². The Morgan fingerprint density at radius 1 is 1.03 bits per heavy atom. The van der Waals surface area contributed by atoms with E-state index < -0.39 is 11.6 Å². The predicted molar refractivity (Wildman–Crippen MR) is 104 cm³/mol. The van der Waals surface area contributed by atoms with Gasteiger partial charge in [-0.25, -0.2) is 8.78 Å². The second kappa shape index (κ2) is 8.45. The van der Waals surface area contributed by atoms with Gasteiger partial charge in [0.25, 0.3) is 5.91 Å². The lowest BCUT2D eigenvalue weighted by Crippen LogP contribution is -2.37. The number of hydrogen-bond donors (Lipinski definition) is 0. The van der Waals surface area contributed by atoms with E-state index in [4.69, 9.17) is 0 Å². The Morgan fingerprint density at radius 2 is 1.72 bits per heavy atom. The molecule has 0 spiro atoms. The van der Waals surface area contributed by atoms with Crippen molar-refractivity contribution in [3.8, 4) is 0 Å². The third-order valence-electron chi connectivity index (χ3n) is 6.29. The van der Waals surface area contributed by atoms with E-state index in [2.05, 4.69) is 4.90 Å². The minimum absolute atomic E-state index is 0.0212. The zero-order chi connectivity index (χ0) is 20.4. The molecular formula is C22H25F2N3O2. The van der Waals surface area contributed by atoms with Crippen molar-refractivity contribution < 1.29 is 18.3 Å². The lowest BCUT2D eigenvalue weighted by molar-refractivity contribution is -0.605. The Kier molecular flexibility index (Phi) is 5.76. The fourth-order valence-electron chi connectivity index (χ4n) is 4.59. The fraction of sp³-hybridized carbons (Fsp3) is 0.455. The lowest BCUT2D eigenvalue weighted by Gasteiger charge is -2.35. The highest BCUT2D eigenvalue weighted by Crippen LogP contribution is 2.33. The van der Waals surface area contributed by atoms with Crippen molar-refractivity contribution in [3.05, 3.63) is 70.7 Å². The van der Waals surface area contributed by atoms with Crippen molar-refractivity contribution in [1.29, 1.82) is 0 Å². The molecular weight excluding hydrogens is 376 g/mol. The summed E-state index contributed by atoms with van der Waals surface area (Å²) in [5, 5.41) is 11.1. The van der Waals surface area contributed by atoms with Crippen LogP contribution in [-0.2, 0) is 6.54 Å². The monoisotopic (exact) mass is 401 g/mol. The number of halogens is 2. The van der Waals surface area contributed by atoms with Gasteiger partial charge in [-0.15, -0.1) is 0 Å². The second-order valence-electron chi connectivity index (χ2n) is 8.07. The molecule has 0 aliphatic carbocycles. The van der Waals surface area contributed by atoms with Crippen LogP contribution < -0.4 is 4.73 Å². The van der Waals surface area contributed by atoms with Crippen LogP contribution in [0.2, 0.25) is 0 Å². The molecule has 1 atom stereocenters. The van der Waals surface area contributed by atoms with Crippen LogP contribution in [-0.4, -0.2) is 41.9 Å². The summed E-state index contributed by atoms with van der Waals surface area (Å²) in [7, 11) is 0. The molecule has 4 rings (SSSR count). The summed E-state index contributed by atoms with van der Waals surface area (Å²) in [4.78, 5) is 16.7. The quantitative estimate of drug-likeness (QED) is 0.585. The molecule has 7 heteroatoms. The van der Waals surface area contributed by atoms with Crippen molar-refractivity contribution in [2.24, 2.45) is 11.8 Å². The number of carbonyl (C=O) groups is 1. The molecule has 1 aromatic heterocycles. The van der Waals surface area contributed by atoms with Crippen LogP contribution in [0.15, 0.2) is 42.7 Å². The van der Waals surface area contributed by atoms with Gasteiger partial charge in [0.05, 0.1) is 5.56 Å². The summed E-state index contributed by atoms with van der Waals surface area (Å²) in [5.74, 6) is -0.548. The minimum Gasteiger partial charge on any atom is -0.619 e. The van der Waals surface area contributed by atoms with Gasteiger partial charge in [0, 0.05) is 37.3 Å². The van der Waals surface area contributed by atoms with Crippen LogP contribution in [0.4, 0.5) is 8.78 Å². The van der Waals surface area contributed by atoms with Gasteiger partial charge >= 0.3 is 0 Å². The summed E-state index contributed by atoms with van der Waals surface area (Å²) in [6.07, 6.45) is 5.69. The van der Waals surface area contributed by atoms with Gasteiger partial charge in [-0.1, -0.05) is 12.1 Å². The maximum atomic E-state index is 13.9. The van der Waals surface area contributed by atoms with Crippen LogP contribution >= 0.6 is 0 Å². The Bertz CT molecular complexity index is 867. The number of nitrogens with zero attached hydrogens (tertiary/aromatic N) is 3. The first-order chi connectivity index (χ1) is 14.0. The van der Waals surface area contributed by atoms with E-state index in [-0.39, 0.29) is 5.91 Å². The third kappa shape index (κ3) is 4.40. The average molecular weight is 401 g/mol. The maximum absolute atomic E-state index is 13.9. The molecule has 0 bridgehead atoms. The zero-order valence-electron chi connectivity index (χ0n) is 16.3. The topological polar surface area (TPSA) is 50.5 Å². The van der Waals surface area contributed by atoms with Crippen molar-refractivity contribution in [2.75, 3.05) is 26.2 Å². The number of aromatic nitrogens is 1. The summed E-state index contributed by atoms with van der Waals surface area (Å²) in [6, 6.07) is 7.46. The molecule has 2 aromatic rings. The largest absolute Gasteiger partial charge is 0.619 e. The lowest BCUT2D eigenvalue weighted by atomic mass is 9.83. The molecule has 1 amide bonds. The van der Waals surface area contributed by atoms with E-state index in [1.165, 1.54) is 12.4 Å². The van der Waals surface area contributed by atoms with E-state index in [0.29, 0.717) is 34.2 Å². The van der Waals surface area contributed by atoms with Crippen molar-refractivity contribution in [2.45, 2.75) is 25.8 Å². The third-order valence-corrected chi connectivity index (χ3v) is 6.29. The number of hydrogen-bond acceptors (Lipinski definition) is 3. The normalized spacial score (nSPS) is 20.9. The predicted octanol–water partition coefficient (Wildman–Crippen LogP) is 2.97. The SMILES string of the molecule is O=C(c1cc[n+]([O-])cc1)N1CC[C@H](C2CCN(Cc3cccc(F)c3F)CC2)C1. The Labute approximate surface area is 169 Å². The van der Waals surface area contributed by atoms with Crippen LogP contribution in [0.1, 0.15) is 35.2 Å². The Hall–Kier alpha value is -2.54. The van der Waals surface area contributed by atoms with Gasteiger partial charge in [-0.2, -0.15) is 4.73 Å². The smallest absolute Gasteiger partial charge is 0.254 e. The Balaban J connectivity index is 1.29. The van der Waals surface area contributed by atoms with E-state index >= 15 is 0 Å². The number of pyridine rings is 1. The number of rotatable bonds is 4. The first-order valence-electron chi connectivity index (χ1n) is 10.1. The summed E-state index contributed by atoms with van der Waals surface area (Å²) < 4.78 is 28.0. The van der Waals surface area contributed by atoms with Crippen LogP contribution in [0.25, 0.3) is 0 Å². The number of likely N-dealkylation sites (tertiary alicyclic amines) is 2.